The molecule has 7 heteroatoms. The fraction of sp³-hybridized carbons (Fsp3) is 0.538. The first-order valence-electron chi connectivity index (χ1n) is 6.60. The summed E-state index contributed by atoms with van der Waals surface area (Å²) in [6, 6.07) is 3.23. The van der Waals surface area contributed by atoms with E-state index in [4.69, 9.17) is 21.4 Å². The van der Waals surface area contributed by atoms with E-state index in [-0.39, 0.29) is 10.7 Å². The number of morpholine rings is 1. The minimum Gasteiger partial charge on any atom is -0.476 e. The van der Waals surface area contributed by atoms with Crippen LogP contribution in [0.1, 0.15) is 16.9 Å². The summed E-state index contributed by atoms with van der Waals surface area (Å²) in [5, 5.41) is 12.2. The zero-order valence-electron chi connectivity index (χ0n) is 11.1. The van der Waals surface area contributed by atoms with Crippen LogP contribution in [0.25, 0.3) is 0 Å². The van der Waals surface area contributed by atoms with Crippen LogP contribution in [0.2, 0.25) is 5.02 Å². The van der Waals surface area contributed by atoms with Crippen LogP contribution in [0.5, 0.6) is 0 Å². The van der Waals surface area contributed by atoms with Crippen LogP contribution in [0.15, 0.2) is 12.1 Å². The lowest BCUT2D eigenvalue weighted by molar-refractivity contribution is 0.0378. The third-order valence-corrected chi connectivity index (χ3v) is 3.41. The summed E-state index contributed by atoms with van der Waals surface area (Å²) in [5.41, 5.74) is -0.121. The molecular weight excluding hydrogens is 282 g/mol. The molecule has 2 heterocycles. The zero-order chi connectivity index (χ0) is 14.4. The number of hydrogen-bond donors (Lipinski definition) is 2. The van der Waals surface area contributed by atoms with Crippen molar-refractivity contribution in [3.63, 3.8) is 0 Å². The van der Waals surface area contributed by atoms with Crippen molar-refractivity contribution in [2.45, 2.75) is 6.42 Å². The van der Waals surface area contributed by atoms with E-state index in [1.807, 2.05) is 0 Å². The van der Waals surface area contributed by atoms with E-state index in [1.165, 1.54) is 0 Å². The molecule has 0 aliphatic carbocycles. The second-order valence-corrected chi connectivity index (χ2v) is 4.97. The van der Waals surface area contributed by atoms with Crippen molar-refractivity contribution in [1.82, 2.24) is 9.88 Å². The summed E-state index contributed by atoms with van der Waals surface area (Å²) in [5.74, 6) is -0.583. The van der Waals surface area contributed by atoms with Gasteiger partial charge in [0, 0.05) is 19.6 Å². The normalized spacial score (nSPS) is 16.1. The predicted octanol–water partition coefficient (Wildman–Crippen LogP) is 1.57. The quantitative estimate of drug-likeness (QED) is 0.777. The zero-order valence-corrected chi connectivity index (χ0v) is 11.9. The predicted molar refractivity (Wildman–Crippen MR) is 76.6 cm³/mol. The smallest absolute Gasteiger partial charge is 0.356 e. The number of nitrogens with one attached hydrogen (secondary N) is 1. The number of ether oxygens (including phenoxy) is 1. The summed E-state index contributed by atoms with van der Waals surface area (Å²) in [6.45, 7) is 5.29. The van der Waals surface area contributed by atoms with Gasteiger partial charge >= 0.3 is 5.97 Å². The van der Waals surface area contributed by atoms with Crippen molar-refractivity contribution in [1.29, 1.82) is 0 Å². The van der Waals surface area contributed by atoms with Gasteiger partial charge in [-0.05, 0) is 25.1 Å². The van der Waals surface area contributed by atoms with Crippen molar-refractivity contribution < 1.29 is 14.6 Å². The fourth-order valence-electron chi connectivity index (χ4n) is 2.03. The molecule has 1 saturated heterocycles. The van der Waals surface area contributed by atoms with Crippen LogP contribution in [0.4, 0.5) is 5.82 Å². The van der Waals surface area contributed by atoms with Gasteiger partial charge in [-0.25, -0.2) is 9.78 Å². The number of aromatic nitrogens is 1. The van der Waals surface area contributed by atoms with Crippen LogP contribution < -0.4 is 5.32 Å². The van der Waals surface area contributed by atoms with Gasteiger partial charge in [-0.1, -0.05) is 11.6 Å². The minimum atomic E-state index is -1.12. The van der Waals surface area contributed by atoms with Crippen LogP contribution in [-0.2, 0) is 4.74 Å². The van der Waals surface area contributed by atoms with Gasteiger partial charge in [0.1, 0.15) is 5.82 Å². The Morgan fingerprint density at radius 1 is 1.45 bits per heavy atom. The first-order chi connectivity index (χ1) is 9.66. The molecule has 0 unspecified atom stereocenters. The Morgan fingerprint density at radius 2 is 2.20 bits per heavy atom. The summed E-state index contributed by atoms with van der Waals surface area (Å²) in [6.07, 6.45) is 0.965. The maximum absolute atomic E-state index is 10.9. The van der Waals surface area contributed by atoms with Crippen molar-refractivity contribution in [2.24, 2.45) is 0 Å². The summed E-state index contributed by atoms with van der Waals surface area (Å²) in [7, 11) is 0. The molecule has 20 heavy (non-hydrogen) atoms. The summed E-state index contributed by atoms with van der Waals surface area (Å²) in [4.78, 5) is 17.2. The molecule has 0 bridgehead atoms. The van der Waals surface area contributed by atoms with Crippen LogP contribution in [-0.4, -0.2) is 60.4 Å². The summed E-state index contributed by atoms with van der Waals surface area (Å²) < 4.78 is 5.29. The number of carboxylic acid groups (broad SMARTS) is 1. The van der Waals surface area contributed by atoms with E-state index < -0.39 is 5.97 Å². The Kier molecular flexibility index (Phi) is 5.58. The van der Waals surface area contributed by atoms with Gasteiger partial charge in [0.2, 0.25) is 0 Å². The average molecular weight is 300 g/mol. The average Bonchev–Trinajstić information content (AvgIpc) is 2.46. The van der Waals surface area contributed by atoms with Crippen molar-refractivity contribution >= 4 is 23.4 Å². The second-order valence-electron chi connectivity index (χ2n) is 4.57. The van der Waals surface area contributed by atoms with Gasteiger partial charge in [0.05, 0.1) is 18.2 Å². The molecular formula is C13H18ClN3O3. The highest BCUT2D eigenvalue weighted by Crippen LogP contribution is 2.16. The third kappa shape index (κ3) is 4.33. The number of halogens is 1. The van der Waals surface area contributed by atoms with Gasteiger partial charge in [-0.2, -0.15) is 0 Å². The Balaban J connectivity index is 1.76. The summed E-state index contributed by atoms with van der Waals surface area (Å²) >= 11 is 5.76. The van der Waals surface area contributed by atoms with Gasteiger partial charge in [-0.3, -0.25) is 4.90 Å². The molecule has 0 amide bonds. The monoisotopic (exact) mass is 299 g/mol. The number of nitrogens with zero attached hydrogens (tertiary/aromatic N) is 2. The Morgan fingerprint density at radius 3 is 2.90 bits per heavy atom. The maximum Gasteiger partial charge on any atom is 0.356 e. The highest BCUT2D eigenvalue weighted by Gasteiger charge is 2.12. The van der Waals surface area contributed by atoms with E-state index in [0.29, 0.717) is 5.82 Å². The topological polar surface area (TPSA) is 74.7 Å². The largest absolute Gasteiger partial charge is 0.476 e. The number of pyridine rings is 1. The lowest BCUT2D eigenvalue weighted by Crippen LogP contribution is -2.37. The SMILES string of the molecule is O=C(O)c1nc(NCCCN2CCOCC2)ccc1Cl. The molecule has 0 saturated carbocycles. The lowest BCUT2D eigenvalue weighted by Gasteiger charge is -2.26. The highest BCUT2D eigenvalue weighted by atomic mass is 35.5. The molecule has 1 aromatic heterocycles. The van der Waals surface area contributed by atoms with Crippen LogP contribution in [0, 0.1) is 0 Å². The molecule has 1 aliphatic heterocycles. The molecule has 0 atom stereocenters. The molecule has 6 nitrogen and oxygen atoms in total. The third-order valence-electron chi connectivity index (χ3n) is 3.11. The first-order valence-corrected chi connectivity index (χ1v) is 6.98. The Bertz CT molecular complexity index is 464. The second kappa shape index (κ2) is 7.42. The molecule has 0 spiro atoms. The first kappa shape index (κ1) is 15.0. The van der Waals surface area contributed by atoms with Gasteiger partial charge < -0.3 is 15.2 Å². The van der Waals surface area contributed by atoms with Gasteiger partial charge in [0.15, 0.2) is 5.69 Å². The number of carboxylic acids is 1. The molecule has 110 valence electrons. The Hall–Kier alpha value is -1.37. The van der Waals surface area contributed by atoms with E-state index in [9.17, 15) is 4.79 Å². The lowest BCUT2D eigenvalue weighted by atomic mass is 10.3. The van der Waals surface area contributed by atoms with E-state index >= 15 is 0 Å². The van der Waals surface area contributed by atoms with Crippen molar-refractivity contribution in [3.8, 4) is 0 Å². The Labute approximate surface area is 122 Å². The highest BCUT2D eigenvalue weighted by molar-refractivity contribution is 6.33. The van der Waals surface area contributed by atoms with Crippen molar-refractivity contribution in [2.75, 3.05) is 44.7 Å². The maximum atomic E-state index is 10.9. The molecule has 0 radical (unpaired) electrons. The van der Waals surface area contributed by atoms with Gasteiger partial charge in [0.25, 0.3) is 0 Å². The van der Waals surface area contributed by atoms with Crippen molar-refractivity contribution in [3.05, 3.63) is 22.8 Å². The molecule has 2 rings (SSSR count). The molecule has 2 N–H and O–H groups in total. The fourth-order valence-corrected chi connectivity index (χ4v) is 2.22. The molecule has 0 aromatic carbocycles. The van der Waals surface area contributed by atoms with E-state index in [1.54, 1.807) is 12.1 Å². The molecule has 1 fully saturated rings. The number of carbonyl (C=O) groups is 1. The van der Waals surface area contributed by atoms with E-state index in [0.717, 1.165) is 45.8 Å². The number of hydrogen-bond acceptors (Lipinski definition) is 5. The molecule has 1 aliphatic rings. The van der Waals surface area contributed by atoms with Gasteiger partial charge in [-0.15, -0.1) is 0 Å². The number of aromatic carboxylic acids is 1. The molecule has 1 aromatic rings. The van der Waals surface area contributed by atoms with Crippen LogP contribution >= 0.6 is 11.6 Å². The minimum absolute atomic E-state index is 0.121. The van der Waals surface area contributed by atoms with Crippen LogP contribution in [0.3, 0.4) is 0 Å². The number of rotatable bonds is 6. The van der Waals surface area contributed by atoms with E-state index in [2.05, 4.69) is 15.2 Å². The standard InChI is InChI=1S/C13H18ClN3O3/c14-10-2-3-11(16-12(10)13(18)19)15-4-1-5-17-6-8-20-9-7-17/h2-3H,1,4-9H2,(H,15,16)(H,18,19). The number of anilines is 1.